The van der Waals surface area contributed by atoms with E-state index in [2.05, 4.69) is 5.32 Å². The Morgan fingerprint density at radius 3 is 2.39 bits per heavy atom. The molecule has 5 nitrogen and oxygen atoms in total. The number of carbonyl (C=O) groups is 1. The summed E-state index contributed by atoms with van der Waals surface area (Å²) in [6, 6.07) is 12.8. The van der Waals surface area contributed by atoms with Crippen LogP contribution < -0.4 is 5.32 Å². The summed E-state index contributed by atoms with van der Waals surface area (Å²) in [6.07, 6.45) is 3.62. The number of hydrogen-bond acceptors (Lipinski definition) is 3. The van der Waals surface area contributed by atoms with Gasteiger partial charge in [0.2, 0.25) is 15.9 Å². The van der Waals surface area contributed by atoms with E-state index in [-0.39, 0.29) is 18.1 Å². The van der Waals surface area contributed by atoms with Gasteiger partial charge in [0.1, 0.15) is 5.82 Å². The van der Waals surface area contributed by atoms with Crippen molar-refractivity contribution in [2.24, 2.45) is 0 Å². The maximum Gasteiger partial charge on any atom is 0.243 e. The molecule has 150 valence electrons. The number of hydrogen-bond donors (Lipinski definition) is 1. The molecule has 0 radical (unpaired) electrons. The van der Waals surface area contributed by atoms with Gasteiger partial charge in [0.15, 0.2) is 0 Å². The lowest BCUT2D eigenvalue weighted by Gasteiger charge is -2.25. The van der Waals surface area contributed by atoms with Gasteiger partial charge >= 0.3 is 0 Å². The molecular weight excluding hydrogens is 379 g/mol. The fraction of sp³-hybridized carbons (Fsp3) is 0.381. The summed E-state index contributed by atoms with van der Waals surface area (Å²) in [5.41, 5.74) is 1.58. The van der Waals surface area contributed by atoms with E-state index in [1.54, 1.807) is 40.7 Å². The van der Waals surface area contributed by atoms with Crippen molar-refractivity contribution in [2.45, 2.75) is 37.0 Å². The van der Waals surface area contributed by atoms with Crippen molar-refractivity contribution < 1.29 is 17.6 Å². The number of piperidine rings is 1. The van der Waals surface area contributed by atoms with Crippen LogP contribution in [0.25, 0.3) is 0 Å². The molecule has 0 aromatic heterocycles. The van der Waals surface area contributed by atoms with Crippen molar-refractivity contribution in [3.8, 4) is 0 Å². The Hall–Kier alpha value is -2.25. The SMILES string of the molecule is O=C(Cc1cccc(F)c1)NCCc1ccc(S(=O)(=O)N2CCCCC2)cc1. The Bertz CT molecular complexity index is 908. The predicted octanol–water partition coefficient (Wildman–Crippen LogP) is 2.90. The Morgan fingerprint density at radius 2 is 1.71 bits per heavy atom. The van der Waals surface area contributed by atoms with Gasteiger partial charge in [0.25, 0.3) is 0 Å². The minimum absolute atomic E-state index is 0.130. The fourth-order valence-corrected chi connectivity index (χ4v) is 4.84. The Balaban J connectivity index is 1.49. The zero-order valence-electron chi connectivity index (χ0n) is 15.7. The molecule has 1 heterocycles. The summed E-state index contributed by atoms with van der Waals surface area (Å²) in [4.78, 5) is 12.3. The highest BCUT2D eigenvalue weighted by atomic mass is 32.2. The lowest BCUT2D eigenvalue weighted by molar-refractivity contribution is -0.120. The number of rotatable bonds is 7. The minimum atomic E-state index is -3.42. The molecule has 2 aromatic carbocycles. The molecule has 7 heteroatoms. The van der Waals surface area contributed by atoms with E-state index in [1.807, 2.05) is 0 Å². The van der Waals surface area contributed by atoms with Crippen molar-refractivity contribution >= 4 is 15.9 Å². The first kappa shape index (κ1) is 20.5. The van der Waals surface area contributed by atoms with Crippen molar-refractivity contribution in [2.75, 3.05) is 19.6 Å². The predicted molar refractivity (Wildman–Crippen MR) is 106 cm³/mol. The number of benzene rings is 2. The highest BCUT2D eigenvalue weighted by Crippen LogP contribution is 2.20. The molecule has 1 aliphatic rings. The van der Waals surface area contributed by atoms with Crippen LogP contribution in [-0.4, -0.2) is 38.3 Å². The summed E-state index contributed by atoms with van der Waals surface area (Å²) in [5, 5.41) is 2.81. The summed E-state index contributed by atoms with van der Waals surface area (Å²) in [5.74, 6) is -0.528. The third-order valence-corrected chi connectivity index (χ3v) is 6.78. The summed E-state index contributed by atoms with van der Waals surface area (Å²) in [6.45, 7) is 1.61. The molecule has 0 atom stereocenters. The summed E-state index contributed by atoms with van der Waals surface area (Å²) >= 11 is 0. The van der Waals surface area contributed by atoms with Crippen molar-refractivity contribution in [1.82, 2.24) is 9.62 Å². The molecular formula is C21H25FN2O3S. The van der Waals surface area contributed by atoms with Gasteiger partial charge in [-0.15, -0.1) is 0 Å². The molecule has 0 saturated carbocycles. The average Bonchev–Trinajstić information content (AvgIpc) is 2.69. The highest BCUT2D eigenvalue weighted by Gasteiger charge is 2.25. The van der Waals surface area contributed by atoms with Gasteiger partial charge in [0.05, 0.1) is 11.3 Å². The lowest BCUT2D eigenvalue weighted by atomic mass is 10.1. The molecule has 0 unspecified atom stereocenters. The first-order chi connectivity index (χ1) is 13.4. The second-order valence-corrected chi connectivity index (χ2v) is 8.95. The number of halogens is 1. The standard InChI is InChI=1S/C21H25FN2O3S/c22-19-6-4-5-18(15-19)16-21(25)23-12-11-17-7-9-20(10-8-17)28(26,27)24-13-2-1-3-14-24/h4-10,15H,1-3,11-14,16H2,(H,23,25). The van der Waals surface area contributed by atoms with Gasteiger partial charge in [-0.05, 0) is 54.7 Å². The van der Waals surface area contributed by atoms with E-state index >= 15 is 0 Å². The Kier molecular flexibility index (Phi) is 6.80. The number of nitrogens with one attached hydrogen (secondary N) is 1. The van der Waals surface area contributed by atoms with E-state index < -0.39 is 10.0 Å². The van der Waals surface area contributed by atoms with Gasteiger partial charge in [0, 0.05) is 19.6 Å². The zero-order valence-corrected chi connectivity index (χ0v) is 16.6. The summed E-state index contributed by atoms with van der Waals surface area (Å²) < 4.78 is 40.0. The number of sulfonamides is 1. The van der Waals surface area contributed by atoms with Crippen LogP contribution in [0.5, 0.6) is 0 Å². The fourth-order valence-electron chi connectivity index (χ4n) is 3.32. The van der Waals surface area contributed by atoms with Gasteiger partial charge in [-0.1, -0.05) is 30.7 Å². The van der Waals surface area contributed by atoms with Crippen LogP contribution in [-0.2, 0) is 27.7 Å². The number of amides is 1. The maximum atomic E-state index is 13.1. The van der Waals surface area contributed by atoms with Crippen molar-refractivity contribution in [1.29, 1.82) is 0 Å². The second kappa shape index (κ2) is 9.30. The zero-order chi connectivity index (χ0) is 20.0. The van der Waals surface area contributed by atoms with Crippen LogP contribution in [0.15, 0.2) is 53.4 Å². The normalized spacial score (nSPS) is 15.3. The Labute approximate surface area is 165 Å². The molecule has 0 spiro atoms. The third kappa shape index (κ3) is 5.39. The van der Waals surface area contributed by atoms with Crippen LogP contribution in [0.1, 0.15) is 30.4 Å². The van der Waals surface area contributed by atoms with E-state index in [4.69, 9.17) is 0 Å². The van der Waals surface area contributed by atoms with Gasteiger partial charge < -0.3 is 5.32 Å². The minimum Gasteiger partial charge on any atom is -0.355 e. The van der Waals surface area contributed by atoms with Crippen LogP contribution in [0.4, 0.5) is 4.39 Å². The maximum absolute atomic E-state index is 13.1. The van der Waals surface area contributed by atoms with Crippen molar-refractivity contribution in [3.05, 3.63) is 65.5 Å². The van der Waals surface area contributed by atoms with Gasteiger partial charge in [-0.3, -0.25) is 4.79 Å². The summed E-state index contributed by atoms with van der Waals surface area (Å²) in [7, 11) is -3.42. The Morgan fingerprint density at radius 1 is 1.00 bits per heavy atom. The molecule has 1 fully saturated rings. The number of carbonyl (C=O) groups excluding carboxylic acids is 1. The molecule has 28 heavy (non-hydrogen) atoms. The number of nitrogens with zero attached hydrogens (tertiary/aromatic N) is 1. The largest absolute Gasteiger partial charge is 0.355 e. The monoisotopic (exact) mass is 404 g/mol. The van der Waals surface area contributed by atoms with Gasteiger partial charge in [-0.2, -0.15) is 4.31 Å². The molecule has 1 N–H and O–H groups in total. The smallest absolute Gasteiger partial charge is 0.243 e. The van der Waals surface area contributed by atoms with Gasteiger partial charge in [-0.25, -0.2) is 12.8 Å². The molecule has 3 rings (SSSR count). The molecule has 2 aromatic rings. The van der Waals surface area contributed by atoms with Crippen LogP contribution in [0.3, 0.4) is 0 Å². The van der Waals surface area contributed by atoms with Crippen LogP contribution in [0.2, 0.25) is 0 Å². The molecule has 1 aliphatic heterocycles. The second-order valence-electron chi connectivity index (χ2n) is 7.02. The van der Waals surface area contributed by atoms with Crippen LogP contribution >= 0.6 is 0 Å². The van der Waals surface area contributed by atoms with Crippen molar-refractivity contribution in [3.63, 3.8) is 0 Å². The molecule has 1 saturated heterocycles. The van der Waals surface area contributed by atoms with E-state index in [9.17, 15) is 17.6 Å². The van der Waals surface area contributed by atoms with Crippen LogP contribution in [0, 0.1) is 5.82 Å². The van der Waals surface area contributed by atoms with E-state index in [1.165, 1.54) is 12.1 Å². The first-order valence-corrected chi connectivity index (χ1v) is 11.0. The molecule has 0 bridgehead atoms. The highest BCUT2D eigenvalue weighted by molar-refractivity contribution is 7.89. The molecule has 1 amide bonds. The topological polar surface area (TPSA) is 66.5 Å². The lowest BCUT2D eigenvalue weighted by Crippen LogP contribution is -2.35. The van der Waals surface area contributed by atoms with E-state index in [0.29, 0.717) is 36.5 Å². The average molecular weight is 405 g/mol. The van der Waals surface area contributed by atoms with E-state index in [0.717, 1.165) is 24.8 Å². The first-order valence-electron chi connectivity index (χ1n) is 9.55. The molecule has 0 aliphatic carbocycles. The quantitative estimate of drug-likeness (QED) is 0.772. The third-order valence-electron chi connectivity index (χ3n) is 4.87.